The molecule has 1 unspecified atom stereocenters. The summed E-state index contributed by atoms with van der Waals surface area (Å²) in [5.74, 6) is 1.14. The number of rotatable bonds is 6. The van der Waals surface area contributed by atoms with Crippen LogP contribution in [-0.2, 0) is 10.5 Å². The van der Waals surface area contributed by atoms with Crippen molar-refractivity contribution in [2.75, 3.05) is 5.75 Å². The van der Waals surface area contributed by atoms with Crippen molar-refractivity contribution < 1.29 is 4.79 Å². The van der Waals surface area contributed by atoms with E-state index in [1.807, 2.05) is 50.2 Å². The number of hydrogen-bond acceptors (Lipinski definition) is 3. The quantitative estimate of drug-likeness (QED) is 0.862. The molecule has 0 saturated carbocycles. The molecule has 3 nitrogen and oxygen atoms in total. The number of halogens is 1. The minimum atomic E-state index is -0.0883. The second kappa shape index (κ2) is 8.20. The van der Waals surface area contributed by atoms with Crippen LogP contribution in [0.4, 0.5) is 0 Å². The van der Waals surface area contributed by atoms with Crippen LogP contribution in [0, 0.1) is 6.92 Å². The number of benzene rings is 1. The van der Waals surface area contributed by atoms with E-state index in [4.69, 9.17) is 11.6 Å². The van der Waals surface area contributed by atoms with Crippen LogP contribution in [0.3, 0.4) is 0 Å². The van der Waals surface area contributed by atoms with Crippen molar-refractivity contribution in [2.45, 2.75) is 25.6 Å². The molecule has 2 aromatic rings. The Morgan fingerprint density at radius 2 is 2.09 bits per heavy atom. The maximum atomic E-state index is 12.0. The Morgan fingerprint density at radius 3 is 2.82 bits per heavy atom. The van der Waals surface area contributed by atoms with Gasteiger partial charge in [0.05, 0.1) is 17.5 Å². The SMILES string of the molecule is Cc1cccnc1C(C)NC(=O)CSCc1ccccc1Cl. The van der Waals surface area contributed by atoms with Gasteiger partial charge in [0.25, 0.3) is 0 Å². The molecule has 1 aromatic heterocycles. The van der Waals surface area contributed by atoms with Gasteiger partial charge in [-0.05, 0) is 37.1 Å². The summed E-state index contributed by atoms with van der Waals surface area (Å²) in [7, 11) is 0. The van der Waals surface area contributed by atoms with Crippen LogP contribution in [0.5, 0.6) is 0 Å². The van der Waals surface area contributed by atoms with Gasteiger partial charge >= 0.3 is 0 Å². The van der Waals surface area contributed by atoms with Crippen molar-refractivity contribution in [1.29, 1.82) is 0 Å². The van der Waals surface area contributed by atoms with Gasteiger partial charge in [0.15, 0.2) is 0 Å². The van der Waals surface area contributed by atoms with Gasteiger partial charge in [-0.3, -0.25) is 9.78 Å². The van der Waals surface area contributed by atoms with Gasteiger partial charge in [-0.2, -0.15) is 0 Å². The molecule has 22 heavy (non-hydrogen) atoms. The molecule has 0 aliphatic rings. The van der Waals surface area contributed by atoms with Crippen molar-refractivity contribution in [3.63, 3.8) is 0 Å². The van der Waals surface area contributed by atoms with E-state index >= 15 is 0 Å². The molecule has 5 heteroatoms. The molecule has 0 aliphatic heterocycles. The highest BCUT2D eigenvalue weighted by molar-refractivity contribution is 7.99. The number of carbonyl (C=O) groups excluding carboxylic acids is 1. The van der Waals surface area contributed by atoms with Gasteiger partial charge in [0.2, 0.25) is 5.91 Å². The lowest BCUT2D eigenvalue weighted by Gasteiger charge is -2.15. The standard InChI is InChI=1S/C17H19ClN2OS/c1-12-6-5-9-19-17(12)13(2)20-16(21)11-22-10-14-7-3-4-8-15(14)18/h3-9,13H,10-11H2,1-2H3,(H,20,21). The Labute approximate surface area is 140 Å². The fourth-order valence-electron chi connectivity index (χ4n) is 2.17. The molecular weight excluding hydrogens is 316 g/mol. The summed E-state index contributed by atoms with van der Waals surface area (Å²) in [5.41, 5.74) is 3.04. The van der Waals surface area contributed by atoms with Gasteiger partial charge in [-0.15, -0.1) is 11.8 Å². The fourth-order valence-corrected chi connectivity index (χ4v) is 3.30. The summed E-state index contributed by atoms with van der Waals surface area (Å²) in [5, 5.41) is 3.73. The van der Waals surface area contributed by atoms with Crippen LogP contribution < -0.4 is 5.32 Å². The van der Waals surface area contributed by atoms with Crippen LogP contribution in [-0.4, -0.2) is 16.6 Å². The lowest BCUT2D eigenvalue weighted by atomic mass is 10.1. The molecule has 0 spiro atoms. The fraction of sp³-hybridized carbons (Fsp3) is 0.294. The van der Waals surface area contributed by atoms with E-state index in [1.54, 1.807) is 18.0 Å². The number of thioether (sulfide) groups is 1. The number of hydrogen-bond donors (Lipinski definition) is 1. The third-order valence-electron chi connectivity index (χ3n) is 3.29. The highest BCUT2D eigenvalue weighted by Gasteiger charge is 2.12. The summed E-state index contributed by atoms with van der Waals surface area (Å²) in [6, 6.07) is 11.5. The zero-order valence-corrected chi connectivity index (χ0v) is 14.2. The highest BCUT2D eigenvalue weighted by atomic mass is 35.5. The average molecular weight is 335 g/mol. The molecule has 1 aromatic carbocycles. The number of pyridine rings is 1. The first-order valence-corrected chi connectivity index (χ1v) is 8.63. The lowest BCUT2D eigenvalue weighted by Crippen LogP contribution is -2.29. The topological polar surface area (TPSA) is 42.0 Å². The molecule has 1 heterocycles. The molecule has 1 atom stereocenters. The zero-order valence-electron chi connectivity index (χ0n) is 12.7. The minimum absolute atomic E-state index is 0.00890. The number of nitrogens with one attached hydrogen (secondary N) is 1. The van der Waals surface area contributed by atoms with Crippen LogP contribution in [0.25, 0.3) is 0 Å². The highest BCUT2D eigenvalue weighted by Crippen LogP contribution is 2.21. The third-order valence-corrected chi connectivity index (χ3v) is 4.64. The van der Waals surface area contributed by atoms with Crippen LogP contribution in [0.1, 0.15) is 29.8 Å². The average Bonchev–Trinajstić information content (AvgIpc) is 2.49. The van der Waals surface area contributed by atoms with E-state index in [-0.39, 0.29) is 11.9 Å². The summed E-state index contributed by atoms with van der Waals surface area (Å²) in [6.07, 6.45) is 1.75. The van der Waals surface area contributed by atoms with E-state index in [2.05, 4.69) is 10.3 Å². The van der Waals surface area contributed by atoms with E-state index in [0.717, 1.165) is 27.6 Å². The molecule has 0 fully saturated rings. The first-order chi connectivity index (χ1) is 10.6. The maximum absolute atomic E-state index is 12.0. The van der Waals surface area contributed by atoms with Crippen molar-refractivity contribution in [1.82, 2.24) is 10.3 Å². The van der Waals surface area contributed by atoms with Gasteiger partial charge < -0.3 is 5.32 Å². The number of nitrogens with zero attached hydrogens (tertiary/aromatic N) is 1. The number of aromatic nitrogens is 1. The Bertz CT molecular complexity index is 648. The lowest BCUT2D eigenvalue weighted by molar-refractivity contribution is -0.119. The second-order valence-electron chi connectivity index (χ2n) is 5.08. The largest absolute Gasteiger partial charge is 0.347 e. The summed E-state index contributed by atoms with van der Waals surface area (Å²) in [6.45, 7) is 3.95. The molecule has 0 saturated heterocycles. The molecule has 1 amide bonds. The molecule has 0 bridgehead atoms. The molecule has 0 radical (unpaired) electrons. The zero-order chi connectivity index (χ0) is 15.9. The predicted octanol–water partition coefficient (Wildman–Crippen LogP) is 4.15. The van der Waals surface area contributed by atoms with Gasteiger partial charge in [-0.1, -0.05) is 35.9 Å². The van der Waals surface area contributed by atoms with E-state index in [1.165, 1.54) is 0 Å². The summed E-state index contributed by atoms with van der Waals surface area (Å²) in [4.78, 5) is 16.4. The van der Waals surface area contributed by atoms with E-state index < -0.39 is 0 Å². The van der Waals surface area contributed by atoms with Crippen LogP contribution >= 0.6 is 23.4 Å². The minimum Gasteiger partial charge on any atom is -0.347 e. The molecule has 1 N–H and O–H groups in total. The van der Waals surface area contributed by atoms with Gasteiger partial charge in [0, 0.05) is 17.0 Å². The number of aryl methyl sites for hydroxylation is 1. The third kappa shape index (κ3) is 4.75. The Kier molecular flexibility index (Phi) is 6.28. The summed E-state index contributed by atoms with van der Waals surface area (Å²) >= 11 is 7.65. The molecule has 0 aliphatic carbocycles. The Balaban J connectivity index is 1.81. The monoisotopic (exact) mass is 334 g/mol. The molecular formula is C17H19ClN2OS. The predicted molar refractivity (Wildman–Crippen MR) is 93.1 cm³/mol. The maximum Gasteiger partial charge on any atom is 0.230 e. The normalized spacial score (nSPS) is 12.0. The van der Waals surface area contributed by atoms with E-state index in [0.29, 0.717) is 5.75 Å². The van der Waals surface area contributed by atoms with Crippen molar-refractivity contribution >= 4 is 29.3 Å². The van der Waals surface area contributed by atoms with Crippen LogP contribution in [0.2, 0.25) is 5.02 Å². The first kappa shape index (κ1) is 16.8. The van der Waals surface area contributed by atoms with Crippen LogP contribution in [0.15, 0.2) is 42.6 Å². The van der Waals surface area contributed by atoms with Gasteiger partial charge in [-0.25, -0.2) is 0 Å². The van der Waals surface area contributed by atoms with Crippen molar-refractivity contribution in [2.24, 2.45) is 0 Å². The smallest absolute Gasteiger partial charge is 0.230 e. The van der Waals surface area contributed by atoms with E-state index in [9.17, 15) is 4.79 Å². The number of amides is 1. The second-order valence-corrected chi connectivity index (χ2v) is 6.47. The van der Waals surface area contributed by atoms with Crippen molar-refractivity contribution in [3.8, 4) is 0 Å². The van der Waals surface area contributed by atoms with Gasteiger partial charge in [0.1, 0.15) is 0 Å². The molecule has 2 rings (SSSR count). The first-order valence-electron chi connectivity index (χ1n) is 7.10. The Hall–Kier alpha value is -1.52. The number of carbonyl (C=O) groups is 1. The molecule has 116 valence electrons. The van der Waals surface area contributed by atoms with Crippen molar-refractivity contribution in [3.05, 3.63) is 64.4 Å². The summed E-state index contributed by atoms with van der Waals surface area (Å²) < 4.78 is 0. The Morgan fingerprint density at radius 1 is 1.32 bits per heavy atom.